The molecule has 0 spiro atoms. The van der Waals surface area contributed by atoms with Crippen LogP contribution in [0.25, 0.3) is 0 Å². The van der Waals surface area contributed by atoms with Crippen molar-refractivity contribution in [2.45, 2.75) is 7.43 Å². The van der Waals surface area contributed by atoms with Gasteiger partial charge in [-0.1, -0.05) is 7.43 Å². The van der Waals surface area contributed by atoms with Gasteiger partial charge >= 0.3 is 18.5 Å². The zero-order valence-corrected chi connectivity index (χ0v) is 9.90. The second-order valence-electron chi connectivity index (χ2n) is 2.17. The Labute approximate surface area is 115 Å². The molecule has 2 aliphatic rings. The monoisotopic (exact) mass is 298 g/mol. The van der Waals surface area contributed by atoms with E-state index in [4.69, 9.17) is 29.4 Å². The van der Waals surface area contributed by atoms with E-state index in [9.17, 15) is 4.79 Å². The van der Waals surface area contributed by atoms with Gasteiger partial charge in [0.25, 0.3) is 0 Å². The molecule has 2 rings (SSSR count). The number of hydrogen-bond acceptors (Lipinski definition) is 10. The van der Waals surface area contributed by atoms with E-state index >= 15 is 0 Å². The summed E-state index contributed by atoms with van der Waals surface area (Å²) in [5.74, 6) is 0. The zero-order chi connectivity index (χ0) is 15.4. The van der Waals surface area contributed by atoms with E-state index in [0.29, 0.717) is 13.2 Å². The van der Waals surface area contributed by atoms with E-state index < -0.39 is 6.16 Å². The van der Waals surface area contributed by atoms with Crippen molar-refractivity contribution in [1.82, 2.24) is 0 Å². The van der Waals surface area contributed by atoms with Gasteiger partial charge in [-0.15, -0.1) is 0 Å². The van der Waals surface area contributed by atoms with Crippen LogP contribution in [-0.4, -0.2) is 68.3 Å². The predicted octanol–water partition coefficient (Wildman–Crippen LogP) is -1.39. The number of rotatable bonds is 1. The first-order chi connectivity index (χ1) is 9.14. The second-order valence-corrected chi connectivity index (χ2v) is 2.17. The first-order valence-corrected chi connectivity index (χ1v) is 4.72. The number of carbonyl (C=O) groups is 1. The third-order valence-electron chi connectivity index (χ3n) is 0.827. The number of aliphatic hydroxyl groups is 2. The van der Waals surface area contributed by atoms with E-state index in [2.05, 4.69) is 14.2 Å². The van der Waals surface area contributed by atoms with Crippen LogP contribution in [0.15, 0.2) is 0 Å². The van der Waals surface area contributed by atoms with Crippen molar-refractivity contribution in [3.8, 4) is 0 Å². The highest BCUT2D eigenvalue weighted by molar-refractivity contribution is 5.61. The van der Waals surface area contributed by atoms with Crippen LogP contribution in [0.1, 0.15) is 7.43 Å². The molecule has 2 fully saturated rings. The molecule has 118 valence electrons. The number of ether oxygens (including phenoxy) is 3. The van der Waals surface area contributed by atoms with Crippen LogP contribution in [-0.2, 0) is 33.4 Å². The molecule has 0 aromatic carbocycles. The molecule has 20 heavy (non-hydrogen) atoms. The quantitative estimate of drug-likeness (QED) is 0.436. The maximum absolute atomic E-state index is 9.80. The lowest BCUT2D eigenvalue weighted by molar-refractivity contribution is -0.193. The minimum absolute atomic E-state index is 0. The molecule has 0 bridgehead atoms. The van der Waals surface area contributed by atoms with Gasteiger partial charge in [0.15, 0.2) is 0 Å². The van der Waals surface area contributed by atoms with E-state index in [1.54, 1.807) is 0 Å². The summed E-state index contributed by atoms with van der Waals surface area (Å²) in [6.45, 7) is 2.58. The Morgan fingerprint density at radius 2 is 1.10 bits per heavy atom. The fourth-order valence-electron chi connectivity index (χ4n) is 0.292. The first kappa shape index (κ1) is 26.5. The SMILES string of the molecule is C.C1CO1.O=C1OCCO1.O=C=O.O=C=O.OCCO. The van der Waals surface area contributed by atoms with Gasteiger partial charge in [0.2, 0.25) is 0 Å². The number of hydrogen-bond donors (Lipinski definition) is 2. The smallest absolute Gasteiger partial charge is 0.431 e. The molecular formula is C10H18O10. The largest absolute Gasteiger partial charge is 0.508 e. The zero-order valence-electron chi connectivity index (χ0n) is 9.90. The summed E-state index contributed by atoms with van der Waals surface area (Å²) in [5, 5.41) is 15.2. The standard InChI is InChI=1S/C3H4O3.C2H6O2.C2H4O.2CO2.CH4/c4-3-5-1-2-6-3;3-1-2-4;1-2-3-1;2*2-1-3;/h1-2H2;3-4H,1-2H2;1-2H2;;;1H4. The maximum atomic E-state index is 9.80. The van der Waals surface area contributed by atoms with E-state index in [1.807, 2.05) is 0 Å². The van der Waals surface area contributed by atoms with Crippen LogP contribution in [0.5, 0.6) is 0 Å². The van der Waals surface area contributed by atoms with Crippen LogP contribution >= 0.6 is 0 Å². The van der Waals surface area contributed by atoms with E-state index in [1.165, 1.54) is 0 Å². The minimum Gasteiger partial charge on any atom is -0.431 e. The molecule has 10 nitrogen and oxygen atoms in total. The average Bonchev–Trinajstić information content (AvgIpc) is 3.20. The van der Waals surface area contributed by atoms with Gasteiger partial charge < -0.3 is 24.4 Å². The molecule has 0 amide bonds. The molecule has 0 aromatic rings. The van der Waals surface area contributed by atoms with Crippen LogP contribution in [0.2, 0.25) is 0 Å². The summed E-state index contributed by atoms with van der Waals surface area (Å²) < 4.78 is 13.1. The topological polar surface area (TPSA) is 157 Å². The lowest BCUT2D eigenvalue weighted by Gasteiger charge is -1.78. The number of aliphatic hydroxyl groups excluding tert-OH is 2. The Morgan fingerprint density at radius 3 is 1.15 bits per heavy atom. The third kappa shape index (κ3) is 74.1. The molecule has 0 saturated carbocycles. The molecule has 0 atom stereocenters. The fraction of sp³-hybridized carbons (Fsp3) is 0.700. The highest BCUT2D eigenvalue weighted by Crippen LogP contribution is 1.92. The highest BCUT2D eigenvalue weighted by atomic mass is 16.8. The average molecular weight is 298 g/mol. The molecule has 0 radical (unpaired) electrons. The van der Waals surface area contributed by atoms with Gasteiger partial charge in [-0.25, -0.2) is 4.79 Å². The van der Waals surface area contributed by atoms with Crippen molar-refractivity contribution >= 4 is 18.5 Å². The summed E-state index contributed by atoms with van der Waals surface area (Å²) in [7, 11) is 0. The molecule has 2 N–H and O–H groups in total. The molecule has 0 unspecified atom stereocenters. The van der Waals surface area contributed by atoms with Crippen molar-refractivity contribution < 1.29 is 48.4 Å². The van der Waals surface area contributed by atoms with Crippen molar-refractivity contribution in [2.24, 2.45) is 0 Å². The van der Waals surface area contributed by atoms with Crippen molar-refractivity contribution in [2.75, 3.05) is 39.6 Å². The number of epoxide rings is 1. The first-order valence-electron chi connectivity index (χ1n) is 4.72. The minimum atomic E-state index is -0.546. The van der Waals surface area contributed by atoms with Crippen LogP contribution in [0, 0.1) is 0 Å². The predicted molar refractivity (Wildman–Crippen MR) is 59.0 cm³/mol. The molecule has 10 heteroatoms. The van der Waals surface area contributed by atoms with Crippen molar-refractivity contribution in [3.05, 3.63) is 0 Å². The van der Waals surface area contributed by atoms with E-state index in [-0.39, 0.29) is 32.9 Å². The lowest BCUT2D eigenvalue weighted by Crippen LogP contribution is -1.88. The summed E-state index contributed by atoms with van der Waals surface area (Å²) >= 11 is 0. The number of cyclic esters (lactones) is 2. The summed E-state index contributed by atoms with van der Waals surface area (Å²) in [4.78, 5) is 42.3. The normalized spacial score (nSPS) is 11.8. The lowest BCUT2D eigenvalue weighted by atomic mass is 10.8. The summed E-state index contributed by atoms with van der Waals surface area (Å²) in [6.07, 6.45) is -0.0463. The van der Waals surface area contributed by atoms with Gasteiger partial charge in [-0.3, -0.25) is 0 Å². The van der Waals surface area contributed by atoms with Gasteiger partial charge in [-0.05, 0) is 0 Å². The Hall–Kier alpha value is -2.09. The number of carbonyl (C=O) groups excluding carboxylic acids is 5. The Morgan fingerprint density at radius 1 is 0.850 bits per heavy atom. The van der Waals surface area contributed by atoms with Crippen molar-refractivity contribution in [3.63, 3.8) is 0 Å². The molecule has 2 saturated heterocycles. The third-order valence-corrected chi connectivity index (χ3v) is 0.827. The van der Waals surface area contributed by atoms with Gasteiger partial charge in [0, 0.05) is 0 Å². The molecule has 0 aliphatic carbocycles. The molecule has 2 aliphatic heterocycles. The molecular weight excluding hydrogens is 280 g/mol. The Bertz CT molecular complexity index is 226. The van der Waals surface area contributed by atoms with Crippen LogP contribution in [0.4, 0.5) is 4.79 Å². The Balaban J connectivity index is -0.0000000822. The second kappa shape index (κ2) is 30.2. The van der Waals surface area contributed by atoms with Crippen molar-refractivity contribution in [1.29, 1.82) is 0 Å². The summed E-state index contributed by atoms with van der Waals surface area (Å²) in [5.41, 5.74) is 0. The Kier molecular flexibility index (Phi) is 39.9. The van der Waals surface area contributed by atoms with Gasteiger partial charge in [0.05, 0.1) is 26.4 Å². The molecule has 0 aromatic heterocycles. The van der Waals surface area contributed by atoms with E-state index in [0.717, 1.165) is 13.2 Å². The van der Waals surface area contributed by atoms with Gasteiger partial charge in [0.1, 0.15) is 13.2 Å². The van der Waals surface area contributed by atoms with Gasteiger partial charge in [-0.2, -0.15) is 19.2 Å². The summed E-state index contributed by atoms with van der Waals surface area (Å²) in [6, 6.07) is 0. The fourth-order valence-corrected chi connectivity index (χ4v) is 0.292. The highest BCUT2D eigenvalue weighted by Gasteiger charge is 2.09. The maximum Gasteiger partial charge on any atom is 0.508 e. The van der Waals surface area contributed by atoms with Crippen LogP contribution in [0.3, 0.4) is 0 Å². The van der Waals surface area contributed by atoms with Crippen LogP contribution < -0.4 is 0 Å². The molecule has 2 heterocycles.